The Morgan fingerprint density at radius 2 is 1.97 bits per heavy atom. The van der Waals surface area contributed by atoms with E-state index in [1.54, 1.807) is 6.92 Å². The molecule has 10 heteroatoms. The summed E-state index contributed by atoms with van der Waals surface area (Å²) in [4.78, 5) is 37.9. The first-order chi connectivity index (χ1) is 14.1. The number of allylic oxidation sites excluding steroid dienone is 1. The van der Waals surface area contributed by atoms with Crippen LogP contribution in [0.3, 0.4) is 0 Å². The van der Waals surface area contributed by atoms with Gasteiger partial charge in [0.05, 0.1) is 15.8 Å². The predicted octanol–water partition coefficient (Wildman–Crippen LogP) is 1.05. The van der Waals surface area contributed by atoms with Gasteiger partial charge in [0.25, 0.3) is 11.5 Å². The molecule has 2 saturated carbocycles. The Hall–Kier alpha value is -2.72. The van der Waals surface area contributed by atoms with Crippen molar-refractivity contribution in [2.75, 3.05) is 5.43 Å². The Kier molecular flexibility index (Phi) is 4.94. The molecule has 160 valence electrons. The molecule has 0 atom stereocenters. The van der Waals surface area contributed by atoms with Crippen LogP contribution in [0.4, 0.5) is 0 Å². The lowest BCUT2D eigenvalue weighted by molar-refractivity contribution is -0.112. The number of benzene rings is 1. The van der Waals surface area contributed by atoms with Crippen molar-refractivity contribution in [3.05, 3.63) is 51.2 Å². The molecular weight excluding hydrogens is 408 g/mol. The third-order valence-corrected chi connectivity index (χ3v) is 7.12. The van der Waals surface area contributed by atoms with Crippen LogP contribution in [0.1, 0.15) is 39.5 Å². The van der Waals surface area contributed by atoms with Crippen molar-refractivity contribution in [2.45, 2.75) is 56.5 Å². The Labute approximate surface area is 173 Å². The lowest BCUT2D eigenvalue weighted by atomic mass is 10.2. The molecule has 2 aromatic rings. The maximum atomic E-state index is 13.0. The monoisotopic (exact) mass is 432 g/mol. The minimum atomic E-state index is -3.83. The molecule has 2 aliphatic rings. The molecule has 0 spiro atoms. The van der Waals surface area contributed by atoms with Crippen LogP contribution >= 0.6 is 0 Å². The van der Waals surface area contributed by atoms with E-state index >= 15 is 0 Å². The number of sulfonamides is 1. The molecule has 0 saturated heterocycles. The van der Waals surface area contributed by atoms with Gasteiger partial charge in [0.15, 0.2) is 0 Å². The predicted molar refractivity (Wildman–Crippen MR) is 112 cm³/mol. The summed E-state index contributed by atoms with van der Waals surface area (Å²) in [6.07, 6.45) is 6.15. The molecule has 30 heavy (non-hydrogen) atoms. The van der Waals surface area contributed by atoms with Gasteiger partial charge in [0.1, 0.15) is 0 Å². The second-order valence-electron chi connectivity index (χ2n) is 8.30. The van der Waals surface area contributed by atoms with Gasteiger partial charge in [-0.2, -0.15) is 4.68 Å². The van der Waals surface area contributed by atoms with E-state index in [0.717, 1.165) is 25.7 Å². The zero-order chi connectivity index (χ0) is 21.7. The van der Waals surface area contributed by atoms with Crippen molar-refractivity contribution in [1.29, 1.82) is 0 Å². The molecule has 0 unspecified atom stereocenters. The highest BCUT2D eigenvalue weighted by molar-refractivity contribution is 7.89. The molecule has 9 nitrogen and oxygen atoms in total. The number of nitrogens with zero attached hydrogens (tertiary/aromatic N) is 2. The Morgan fingerprint density at radius 3 is 2.57 bits per heavy atom. The molecule has 2 fully saturated rings. The quantitative estimate of drug-likeness (QED) is 0.634. The van der Waals surface area contributed by atoms with Crippen LogP contribution in [0.25, 0.3) is 10.9 Å². The van der Waals surface area contributed by atoms with Crippen molar-refractivity contribution in [2.24, 2.45) is 5.92 Å². The summed E-state index contributed by atoms with van der Waals surface area (Å²) in [6, 6.07) is 4.16. The number of carbonyl (C=O) groups excluding carboxylic acids is 1. The first kappa shape index (κ1) is 20.5. The third-order valence-electron chi connectivity index (χ3n) is 5.48. The van der Waals surface area contributed by atoms with Gasteiger partial charge >= 0.3 is 5.69 Å². The van der Waals surface area contributed by atoms with Crippen LogP contribution < -0.4 is 21.4 Å². The highest BCUT2D eigenvalue weighted by Crippen LogP contribution is 2.36. The minimum Gasteiger partial charge on any atom is -0.291 e. The van der Waals surface area contributed by atoms with Gasteiger partial charge in [-0.15, -0.1) is 0 Å². The molecule has 2 aliphatic carbocycles. The van der Waals surface area contributed by atoms with E-state index in [0.29, 0.717) is 22.7 Å². The number of hydrogen-bond donors (Lipinski definition) is 2. The van der Waals surface area contributed by atoms with Crippen LogP contribution in [-0.2, 0) is 21.4 Å². The molecular formula is C20H24N4O5S. The maximum absolute atomic E-state index is 13.0. The fraction of sp³-hybridized carbons (Fsp3) is 0.450. The van der Waals surface area contributed by atoms with Crippen molar-refractivity contribution in [3.8, 4) is 0 Å². The van der Waals surface area contributed by atoms with E-state index in [1.807, 2.05) is 6.92 Å². The molecule has 1 aromatic heterocycles. The van der Waals surface area contributed by atoms with Gasteiger partial charge in [-0.25, -0.2) is 17.9 Å². The number of aromatic nitrogens is 2. The van der Waals surface area contributed by atoms with E-state index in [1.165, 1.54) is 34.9 Å². The van der Waals surface area contributed by atoms with E-state index in [4.69, 9.17) is 0 Å². The molecule has 1 aromatic carbocycles. The fourth-order valence-corrected chi connectivity index (χ4v) is 4.82. The van der Waals surface area contributed by atoms with Gasteiger partial charge < -0.3 is 0 Å². The molecule has 4 rings (SSSR count). The normalized spacial score (nSPS) is 18.1. The molecule has 0 aliphatic heterocycles. The average Bonchev–Trinajstić information content (AvgIpc) is 3.61. The first-order valence-electron chi connectivity index (χ1n) is 9.91. The van der Waals surface area contributed by atoms with Crippen molar-refractivity contribution in [1.82, 2.24) is 14.0 Å². The minimum absolute atomic E-state index is 0.0526. The van der Waals surface area contributed by atoms with Crippen LogP contribution in [0.15, 0.2) is 44.8 Å². The van der Waals surface area contributed by atoms with Crippen molar-refractivity contribution in [3.63, 3.8) is 0 Å². The summed E-state index contributed by atoms with van der Waals surface area (Å²) in [5, 5.41) is 0.0554. The van der Waals surface area contributed by atoms with Crippen LogP contribution in [0, 0.1) is 5.92 Å². The number of hydrogen-bond acceptors (Lipinski definition) is 5. The van der Waals surface area contributed by atoms with Crippen LogP contribution in [-0.4, -0.2) is 29.1 Å². The van der Waals surface area contributed by atoms with Gasteiger partial charge in [-0.1, -0.05) is 6.08 Å². The van der Waals surface area contributed by atoms with Crippen molar-refractivity contribution >= 4 is 26.8 Å². The number of nitrogens with one attached hydrogen (secondary N) is 2. The molecule has 1 heterocycles. The van der Waals surface area contributed by atoms with Gasteiger partial charge in [0, 0.05) is 18.2 Å². The van der Waals surface area contributed by atoms with Crippen molar-refractivity contribution < 1.29 is 13.2 Å². The first-order valence-corrected chi connectivity index (χ1v) is 11.4. The summed E-state index contributed by atoms with van der Waals surface area (Å²) in [6.45, 7) is 3.86. The lowest BCUT2D eigenvalue weighted by Gasteiger charge is -2.16. The number of amides is 1. The number of rotatable bonds is 7. The summed E-state index contributed by atoms with van der Waals surface area (Å²) in [5.74, 6) is -0.302. The highest BCUT2D eigenvalue weighted by atomic mass is 32.2. The summed E-state index contributed by atoms with van der Waals surface area (Å²) < 4.78 is 30.3. The zero-order valence-corrected chi connectivity index (χ0v) is 17.7. The second kappa shape index (κ2) is 7.21. The van der Waals surface area contributed by atoms with E-state index in [-0.39, 0.29) is 10.3 Å². The maximum Gasteiger partial charge on any atom is 0.350 e. The van der Waals surface area contributed by atoms with Gasteiger partial charge in [-0.3, -0.25) is 19.6 Å². The summed E-state index contributed by atoms with van der Waals surface area (Å²) in [5.41, 5.74) is 0.760. The SMILES string of the molecule is C/C=C/C(=O)Nn1c(=O)c2cc(S(=O)(=O)NC3(C)CC3)ccc2n(CC2CC2)c1=O. The molecule has 2 N–H and O–H groups in total. The molecule has 1 amide bonds. The fourth-order valence-electron chi connectivity index (χ4n) is 3.33. The highest BCUT2D eigenvalue weighted by Gasteiger charge is 2.41. The van der Waals surface area contributed by atoms with E-state index < -0.39 is 32.7 Å². The Balaban J connectivity index is 1.88. The van der Waals surface area contributed by atoms with E-state index in [2.05, 4.69) is 10.1 Å². The lowest BCUT2D eigenvalue weighted by Crippen LogP contribution is -2.46. The number of carbonyl (C=O) groups is 1. The molecule has 0 bridgehead atoms. The molecule has 0 radical (unpaired) electrons. The topological polar surface area (TPSA) is 119 Å². The van der Waals surface area contributed by atoms with Gasteiger partial charge in [-0.05, 0) is 63.6 Å². The summed E-state index contributed by atoms with van der Waals surface area (Å²) >= 11 is 0. The third kappa shape index (κ3) is 3.97. The smallest absolute Gasteiger partial charge is 0.291 e. The Morgan fingerprint density at radius 1 is 1.27 bits per heavy atom. The van der Waals surface area contributed by atoms with E-state index in [9.17, 15) is 22.8 Å². The van der Waals surface area contributed by atoms with Crippen LogP contribution in [0.5, 0.6) is 0 Å². The summed E-state index contributed by atoms with van der Waals surface area (Å²) in [7, 11) is -3.83. The average molecular weight is 433 g/mol. The second-order valence-corrected chi connectivity index (χ2v) is 9.98. The largest absolute Gasteiger partial charge is 0.350 e. The number of fused-ring (bicyclic) bond motifs is 1. The standard InChI is InChI=1S/C20H24N4O5S/c1-3-4-17(25)21-24-18(26)15-11-14(30(28,29)22-20(2)9-10-20)7-8-16(15)23(19(24)27)12-13-5-6-13/h3-4,7-8,11,13,22H,5-6,9-10,12H2,1-2H3,(H,21,25)/b4-3+. The zero-order valence-electron chi connectivity index (χ0n) is 16.8. The Bertz CT molecular complexity index is 1280. The van der Waals surface area contributed by atoms with Crippen LogP contribution in [0.2, 0.25) is 0 Å². The van der Waals surface area contributed by atoms with Gasteiger partial charge in [0.2, 0.25) is 10.0 Å².